The molecule has 0 aliphatic carbocycles. The molecule has 3 heteroatoms. The lowest BCUT2D eigenvalue weighted by atomic mass is 9.98. The van der Waals surface area contributed by atoms with Gasteiger partial charge in [0.25, 0.3) is 0 Å². The van der Waals surface area contributed by atoms with E-state index in [1.807, 2.05) is 0 Å². The number of benzene rings is 1. The SMILES string of the molecule is CCc1ccc(CN2\C=C/C(C)=C/C(C3=CCN(C)CC3)=C\NC2)cc1. The molecule has 0 saturated carbocycles. The molecule has 26 heavy (non-hydrogen) atoms. The first-order chi connectivity index (χ1) is 12.6. The molecule has 1 N–H and O–H groups in total. The van der Waals surface area contributed by atoms with Gasteiger partial charge in [-0.15, -0.1) is 0 Å². The van der Waals surface area contributed by atoms with E-state index >= 15 is 0 Å². The van der Waals surface area contributed by atoms with Crippen molar-refractivity contribution in [2.24, 2.45) is 0 Å². The van der Waals surface area contributed by atoms with E-state index in [9.17, 15) is 0 Å². The lowest BCUT2D eigenvalue weighted by Gasteiger charge is -2.23. The molecule has 3 rings (SSSR count). The van der Waals surface area contributed by atoms with E-state index in [2.05, 4.69) is 90.9 Å². The first-order valence-electron chi connectivity index (χ1n) is 9.64. The summed E-state index contributed by atoms with van der Waals surface area (Å²) in [6, 6.07) is 8.95. The Kier molecular flexibility index (Phi) is 6.35. The smallest absolute Gasteiger partial charge is 0.0870 e. The van der Waals surface area contributed by atoms with Crippen molar-refractivity contribution in [3.05, 3.63) is 82.7 Å². The van der Waals surface area contributed by atoms with Crippen LogP contribution in [-0.4, -0.2) is 36.6 Å². The summed E-state index contributed by atoms with van der Waals surface area (Å²) in [7, 11) is 2.18. The second-order valence-electron chi connectivity index (χ2n) is 7.32. The second-order valence-corrected chi connectivity index (χ2v) is 7.32. The van der Waals surface area contributed by atoms with Crippen LogP contribution in [0.15, 0.2) is 71.6 Å². The lowest BCUT2D eigenvalue weighted by molar-refractivity contribution is 0.354. The van der Waals surface area contributed by atoms with E-state index in [4.69, 9.17) is 0 Å². The van der Waals surface area contributed by atoms with Gasteiger partial charge in [-0.2, -0.15) is 0 Å². The molecule has 0 spiro atoms. The molecule has 3 nitrogen and oxygen atoms in total. The third kappa shape index (κ3) is 5.12. The Morgan fingerprint density at radius 3 is 2.58 bits per heavy atom. The molecule has 0 atom stereocenters. The summed E-state index contributed by atoms with van der Waals surface area (Å²) in [5.41, 5.74) is 6.79. The zero-order valence-corrected chi connectivity index (χ0v) is 16.3. The molecule has 138 valence electrons. The third-order valence-corrected chi connectivity index (χ3v) is 5.08. The number of likely N-dealkylation sites (N-methyl/N-ethyl adjacent to an activating group) is 1. The molecule has 2 aliphatic heterocycles. The normalized spacial score (nSPS) is 24.1. The van der Waals surface area contributed by atoms with Crippen molar-refractivity contribution in [2.75, 3.05) is 26.8 Å². The summed E-state index contributed by atoms with van der Waals surface area (Å²) in [6.07, 6.45) is 13.5. The van der Waals surface area contributed by atoms with E-state index in [0.717, 1.165) is 39.1 Å². The van der Waals surface area contributed by atoms with E-state index in [1.54, 1.807) is 0 Å². The Bertz CT molecular complexity index is 722. The number of aryl methyl sites for hydroxylation is 1. The van der Waals surface area contributed by atoms with Gasteiger partial charge in [-0.3, -0.25) is 0 Å². The zero-order chi connectivity index (χ0) is 18.4. The maximum atomic E-state index is 3.51. The lowest BCUT2D eigenvalue weighted by Crippen LogP contribution is -2.27. The van der Waals surface area contributed by atoms with Crippen LogP contribution in [0.4, 0.5) is 0 Å². The second kappa shape index (κ2) is 8.91. The maximum absolute atomic E-state index is 3.51. The molecule has 0 fully saturated rings. The van der Waals surface area contributed by atoms with Crippen molar-refractivity contribution in [2.45, 2.75) is 33.2 Å². The highest BCUT2D eigenvalue weighted by atomic mass is 15.2. The Hall–Kier alpha value is -2.26. The predicted molar refractivity (Wildman–Crippen MR) is 111 cm³/mol. The monoisotopic (exact) mass is 349 g/mol. The molecule has 0 amide bonds. The van der Waals surface area contributed by atoms with Crippen LogP contribution in [0.2, 0.25) is 0 Å². The van der Waals surface area contributed by atoms with Crippen LogP contribution in [0.25, 0.3) is 0 Å². The summed E-state index contributed by atoms with van der Waals surface area (Å²) in [6.45, 7) is 8.27. The molecule has 2 heterocycles. The minimum atomic E-state index is 0.809. The number of nitrogens with one attached hydrogen (secondary N) is 1. The molecular formula is C23H31N3. The van der Waals surface area contributed by atoms with Crippen molar-refractivity contribution in [3.63, 3.8) is 0 Å². The van der Waals surface area contributed by atoms with Crippen molar-refractivity contribution in [1.82, 2.24) is 15.1 Å². The highest BCUT2D eigenvalue weighted by Gasteiger charge is 2.11. The van der Waals surface area contributed by atoms with Crippen molar-refractivity contribution >= 4 is 0 Å². The van der Waals surface area contributed by atoms with Crippen LogP contribution < -0.4 is 5.32 Å². The highest BCUT2D eigenvalue weighted by molar-refractivity contribution is 5.44. The molecule has 1 aromatic rings. The van der Waals surface area contributed by atoms with Gasteiger partial charge >= 0.3 is 0 Å². The molecule has 0 radical (unpaired) electrons. The Morgan fingerprint density at radius 1 is 1.12 bits per heavy atom. The largest absolute Gasteiger partial charge is 0.373 e. The average molecular weight is 350 g/mol. The van der Waals surface area contributed by atoms with Gasteiger partial charge in [0.1, 0.15) is 0 Å². The number of allylic oxidation sites excluding steroid dienone is 4. The van der Waals surface area contributed by atoms with Gasteiger partial charge in [-0.25, -0.2) is 0 Å². The van der Waals surface area contributed by atoms with Gasteiger partial charge in [0, 0.05) is 32.0 Å². The van der Waals surface area contributed by atoms with Gasteiger partial charge in [0.05, 0.1) is 6.67 Å². The topological polar surface area (TPSA) is 18.5 Å². The van der Waals surface area contributed by atoms with Crippen molar-refractivity contribution < 1.29 is 0 Å². The maximum Gasteiger partial charge on any atom is 0.0870 e. The molecule has 0 aromatic heterocycles. The number of hydrogen-bond donors (Lipinski definition) is 1. The van der Waals surface area contributed by atoms with Gasteiger partial charge in [0.15, 0.2) is 0 Å². The van der Waals surface area contributed by atoms with Crippen LogP contribution in [-0.2, 0) is 13.0 Å². The summed E-state index contributed by atoms with van der Waals surface area (Å²) in [5, 5.41) is 3.51. The summed E-state index contributed by atoms with van der Waals surface area (Å²) < 4.78 is 0. The molecule has 0 unspecified atom stereocenters. The van der Waals surface area contributed by atoms with Crippen LogP contribution in [0.5, 0.6) is 0 Å². The van der Waals surface area contributed by atoms with Crippen molar-refractivity contribution in [1.29, 1.82) is 0 Å². The predicted octanol–water partition coefficient (Wildman–Crippen LogP) is 4.22. The summed E-state index contributed by atoms with van der Waals surface area (Å²) >= 11 is 0. The number of nitrogens with zero attached hydrogens (tertiary/aromatic N) is 2. The van der Waals surface area contributed by atoms with Crippen LogP contribution >= 0.6 is 0 Å². The highest BCUT2D eigenvalue weighted by Crippen LogP contribution is 2.21. The Balaban J connectivity index is 1.69. The number of hydrogen-bond acceptors (Lipinski definition) is 3. The minimum Gasteiger partial charge on any atom is -0.373 e. The minimum absolute atomic E-state index is 0.809. The quantitative estimate of drug-likeness (QED) is 0.878. The molecule has 2 aliphatic rings. The van der Waals surface area contributed by atoms with Crippen molar-refractivity contribution in [3.8, 4) is 0 Å². The summed E-state index contributed by atoms with van der Waals surface area (Å²) in [5.74, 6) is 0. The van der Waals surface area contributed by atoms with Crippen LogP contribution in [0.3, 0.4) is 0 Å². The van der Waals surface area contributed by atoms with Gasteiger partial charge in [-0.1, -0.05) is 43.3 Å². The van der Waals surface area contributed by atoms with Gasteiger partial charge in [-0.05, 0) is 60.7 Å². The fourth-order valence-corrected chi connectivity index (χ4v) is 3.33. The Labute approximate surface area is 158 Å². The molecule has 0 saturated heterocycles. The van der Waals surface area contributed by atoms with E-state index < -0.39 is 0 Å². The standard InChI is InChI=1S/C23H31N3/c1-4-20-5-7-21(8-6-20)17-26-14-9-19(2)15-23(16-24-18-26)22-10-12-25(3)13-11-22/h5-10,14-16,24H,4,11-13,17-18H2,1-3H3/b14-9-,19-15+,23-16+. The summed E-state index contributed by atoms with van der Waals surface area (Å²) in [4.78, 5) is 4.68. The zero-order valence-electron chi connectivity index (χ0n) is 16.3. The molecule has 1 aromatic carbocycles. The first-order valence-corrected chi connectivity index (χ1v) is 9.64. The van der Waals surface area contributed by atoms with Crippen LogP contribution in [0.1, 0.15) is 31.4 Å². The van der Waals surface area contributed by atoms with E-state index in [1.165, 1.54) is 27.8 Å². The fraction of sp³-hybridized carbons (Fsp3) is 0.391. The van der Waals surface area contributed by atoms with E-state index in [0.29, 0.717) is 0 Å². The Morgan fingerprint density at radius 2 is 1.88 bits per heavy atom. The molecule has 0 bridgehead atoms. The fourth-order valence-electron chi connectivity index (χ4n) is 3.33. The first kappa shape index (κ1) is 18.5. The van der Waals surface area contributed by atoms with E-state index in [-0.39, 0.29) is 0 Å². The van der Waals surface area contributed by atoms with Gasteiger partial charge < -0.3 is 15.1 Å². The van der Waals surface area contributed by atoms with Crippen LogP contribution in [0, 0.1) is 0 Å². The number of rotatable bonds is 4. The molecular weight excluding hydrogens is 318 g/mol. The van der Waals surface area contributed by atoms with Gasteiger partial charge in [0.2, 0.25) is 0 Å². The third-order valence-electron chi connectivity index (χ3n) is 5.08. The average Bonchev–Trinajstić information content (AvgIpc) is 2.74.